The SMILES string of the molecule is COC(=O)c1c(NC(=O)c2ccc([N+](=O)[O-])cc2)sc2c1CCN(C(C)C)C2. The Morgan fingerprint density at radius 2 is 1.96 bits per heavy atom. The van der Waals surface area contributed by atoms with Gasteiger partial charge in [0.15, 0.2) is 0 Å². The van der Waals surface area contributed by atoms with Crippen LogP contribution in [0.5, 0.6) is 0 Å². The molecular formula is C19H21N3O5S. The Hall–Kier alpha value is -2.78. The van der Waals surface area contributed by atoms with E-state index in [0.29, 0.717) is 23.0 Å². The molecule has 0 radical (unpaired) electrons. The topological polar surface area (TPSA) is 102 Å². The zero-order valence-corrected chi connectivity index (χ0v) is 16.7. The minimum absolute atomic E-state index is 0.0906. The summed E-state index contributed by atoms with van der Waals surface area (Å²) in [6, 6.07) is 5.71. The summed E-state index contributed by atoms with van der Waals surface area (Å²) in [5, 5.41) is 14.0. The number of rotatable bonds is 5. The standard InChI is InChI=1S/C19H21N3O5S/c1-11(2)21-9-8-14-15(10-21)28-18(16(14)19(24)27-3)20-17(23)12-4-6-13(7-5-12)22(25)26/h4-7,11H,8-10H2,1-3H3,(H,20,23). The quantitative estimate of drug-likeness (QED) is 0.466. The van der Waals surface area contributed by atoms with E-state index in [0.717, 1.165) is 23.5 Å². The monoisotopic (exact) mass is 403 g/mol. The van der Waals surface area contributed by atoms with Gasteiger partial charge in [0.05, 0.1) is 17.6 Å². The number of nitro benzene ring substituents is 1. The maximum atomic E-state index is 12.6. The Morgan fingerprint density at radius 1 is 1.29 bits per heavy atom. The van der Waals surface area contributed by atoms with Crippen molar-refractivity contribution in [2.45, 2.75) is 32.9 Å². The van der Waals surface area contributed by atoms with Gasteiger partial charge >= 0.3 is 5.97 Å². The van der Waals surface area contributed by atoms with Gasteiger partial charge in [0, 0.05) is 41.7 Å². The van der Waals surface area contributed by atoms with E-state index in [-0.39, 0.29) is 11.3 Å². The summed E-state index contributed by atoms with van der Waals surface area (Å²) in [4.78, 5) is 38.6. The number of benzene rings is 1. The fourth-order valence-electron chi connectivity index (χ4n) is 3.18. The Labute approximate surface area is 166 Å². The van der Waals surface area contributed by atoms with Gasteiger partial charge in [0.1, 0.15) is 5.00 Å². The van der Waals surface area contributed by atoms with Crippen molar-refractivity contribution in [1.29, 1.82) is 0 Å². The molecule has 0 saturated heterocycles. The third-order valence-corrected chi connectivity index (χ3v) is 5.91. The van der Waals surface area contributed by atoms with Gasteiger partial charge in [-0.3, -0.25) is 19.8 Å². The largest absolute Gasteiger partial charge is 0.465 e. The molecule has 0 bridgehead atoms. The second kappa shape index (κ2) is 8.07. The number of ether oxygens (including phenoxy) is 1. The third kappa shape index (κ3) is 3.90. The summed E-state index contributed by atoms with van der Waals surface area (Å²) in [6.45, 7) is 5.80. The minimum Gasteiger partial charge on any atom is -0.465 e. The van der Waals surface area contributed by atoms with Gasteiger partial charge in [-0.05, 0) is 38.0 Å². The van der Waals surface area contributed by atoms with Crippen molar-refractivity contribution in [1.82, 2.24) is 4.90 Å². The first kappa shape index (κ1) is 20.0. The number of hydrogen-bond donors (Lipinski definition) is 1. The molecule has 1 aliphatic heterocycles. The van der Waals surface area contributed by atoms with Crippen molar-refractivity contribution in [2.24, 2.45) is 0 Å². The van der Waals surface area contributed by atoms with E-state index >= 15 is 0 Å². The lowest BCUT2D eigenvalue weighted by Crippen LogP contribution is -2.35. The predicted molar refractivity (Wildman–Crippen MR) is 106 cm³/mol. The van der Waals surface area contributed by atoms with Crippen LogP contribution in [0, 0.1) is 10.1 Å². The number of amides is 1. The first-order valence-corrected chi connectivity index (χ1v) is 9.66. The highest BCUT2D eigenvalue weighted by Gasteiger charge is 2.30. The Balaban J connectivity index is 1.89. The van der Waals surface area contributed by atoms with E-state index in [1.165, 1.54) is 42.7 Å². The van der Waals surface area contributed by atoms with E-state index in [2.05, 4.69) is 24.1 Å². The summed E-state index contributed by atoms with van der Waals surface area (Å²) in [7, 11) is 1.32. The van der Waals surface area contributed by atoms with Gasteiger partial charge in [-0.15, -0.1) is 11.3 Å². The van der Waals surface area contributed by atoms with Crippen LogP contribution in [0.3, 0.4) is 0 Å². The van der Waals surface area contributed by atoms with Crippen LogP contribution in [-0.4, -0.2) is 41.4 Å². The second-order valence-electron chi connectivity index (χ2n) is 6.77. The summed E-state index contributed by atoms with van der Waals surface area (Å²) in [6.07, 6.45) is 0.710. The average Bonchev–Trinajstić information content (AvgIpc) is 3.04. The van der Waals surface area contributed by atoms with Gasteiger partial charge in [-0.25, -0.2) is 4.79 Å². The molecule has 0 saturated carbocycles. The number of nitrogens with zero attached hydrogens (tertiary/aromatic N) is 2. The van der Waals surface area contributed by atoms with Crippen molar-refractivity contribution in [3.05, 3.63) is 55.9 Å². The highest BCUT2D eigenvalue weighted by atomic mass is 32.1. The van der Waals surface area contributed by atoms with Crippen LogP contribution >= 0.6 is 11.3 Å². The molecule has 0 aliphatic carbocycles. The maximum absolute atomic E-state index is 12.6. The number of hydrogen-bond acceptors (Lipinski definition) is 7. The molecule has 0 fully saturated rings. The summed E-state index contributed by atoms with van der Waals surface area (Å²) in [5.74, 6) is -0.908. The molecule has 0 atom stereocenters. The third-order valence-electron chi connectivity index (χ3n) is 4.77. The molecular weight excluding hydrogens is 382 g/mol. The molecule has 148 valence electrons. The molecule has 1 aromatic heterocycles. The lowest BCUT2D eigenvalue weighted by molar-refractivity contribution is -0.384. The molecule has 1 amide bonds. The van der Waals surface area contributed by atoms with E-state index in [1.807, 2.05) is 0 Å². The van der Waals surface area contributed by atoms with Gasteiger partial charge in [-0.2, -0.15) is 0 Å². The number of methoxy groups -OCH3 is 1. The number of carbonyl (C=O) groups is 2. The van der Waals surface area contributed by atoms with E-state index in [4.69, 9.17) is 4.74 Å². The van der Waals surface area contributed by atoms with Gasteiger partial charge in [0.25, 0.3) is 11.6 Å². The number of nitrogens with one attached hydrogen (secondary N) is 1. The van der Waals surface area contributed by atoms with E-state index < -0.39 is 16.8 Å². The number of non-ortho nitro benzene ring substituents is 1. The highest BCUT2D eigenvalue weighted by Crippen LogP contribution is 2.38. The van der Waals surface area contributed by atoms with Crippen molar-refractivity contribution in [2.75, 3.05) is 19.0 Å². The molecule has 28 heavy (non-hydrogen) atoms. The van der Waals surface area contributed by atoms with Gasteiger partial charge in [-0.1, -0.05) is 0 Å². The first-order valence-electron chi connectivity index (χ1n) is 8.84. The fourth-order valence-corrected chi connectivity index (χ4v) is 4.44. The molecule has 1 N–H and O–H groups in total. The van der Waals surface area contributed by atoms with Crippen molar-refractivity contribution < 1.29 is 19.2 Å². The summed E-state index contributed by atoms with van der Waals surface area (Å²) in [5.41, 5.74) is 1.51. The fraction of sp³-hybridized carbons (Fsp3) is 0.368. The molecule has 8 nitrogen and oxygen atoms in total. The van der Waals surface area contributed by atoms with Crippen LogP contribution < -0.4 is 5.32 Å². The van der Waals surface area contributed by atoms with Crippen molar-refractivity contribution >= 4 is 33.9 Å². The Bertz CT molecular complexity index is 920. The maximum Gasteiger partial charge on any atom is 0.341 e. The van der Waals surface area contributed by atoms with Crippen molar-refractivity contribution in [3.63, 3.8) is 0 Å². The molecule has 0 unspecified atom stereocenters. The molecule has 3 rings (SSSR count). The summed E-state index contributed by atoms with van der Waals surface area (Å²) >= 11 is 1.38. The molecule has 2 heterocycles. The number of esters is 1. The Morgan fingerprint density at radius 3 is 2.54 bits per heavy atom. The predicted octanol–water partition coefficient (Wildman–Crippen LogP) is 3.46. The average molecular weight is 403 g/mol. The minimum atomic E-state index is -0.523. The Kier molecular flexibility index (Phi) is 5.76. The van der Waals surface area contributed by atoms with Gasteiger partial charge in [0.2, 0.25) is 0 Å². The number of nitro groups is 1. The molecule has 1 aliphatic rings. The zero-order valence-electron chi connectivity index (χ0n) is 15.9. The van der Waals surface area contributed by atoms with Crippen LogP contribution in [0.2, 0.25) is 0 Å². The second-order valence-corrected chi connectivity index (χ2v) is 7.88. The van der Waals surface area contributed by atoms with Crippen LogP contribution in [0.1, 0.15) is 45.0 Å². The normalized spacial score (nSPS) is 13.9. The van der Waals surface area contributed by atoms with E-state index in [1.54, 1.807) is 0 Å². The lowest BCUT2D eigenvalue weighted by Gasteiger charge is -2.30. The lowest BCUT2D eigenvalue weighted by atomic mass is 10.0. The van der Waals surface area contributed by atoms with Crippen LogP contribution in [0.15, 0.2) is 24.3 Å². The highest BCUT2D eigenvalue weighted by molar-refractivity contribution is 7.17. The zero-order chi connectivity index (χ0) is 20.4. The summed E-state index contributed by atoms with van der Waals surface area (Å²) < 4.78 is 4.93. The smallest absolute Gasteiger partial charge is 0.341 e. The van der Waals surface area contributed by atoms with Crippen LogP contribution in [-0.2, 0) is 17.7 Å². The number of thiophene rings is 1. The van der Waals surface area contributed by atoms with Crippen molar-refractivity contribution in [3.8, 4) is 0 Å². The molecule has 2 aromatic rings. The molecule has 1 aromatic carbocycles. The van der Waals surface area contributed by atoms with Gasteiger partial charge < -0.3 is 10.1 Å². The van der Waals surface area contributed by atoms with Crippen LogP contribution in [0.4, 0.5) is 10.7 Å². The molecule has 0 spiro atoms. The molecule has 9 heteroatoms. The number of carbonyl (C=O) groups excluding carboxylic acids is 2. The number of fused-ring (bicyclic) bond motifs is 1. The number of anilines is 1. The van der Waals surface area contributed by atoms with Crippen LogP contribution in [0.25, 0.3) is 0 Å². The van der Waals surface area contributed by atoms with E-state index in [9.17, 15) is 19.7 Å². The first-order chi connectivity index (χ1) is 13.3.